The average Bonchev–Trinajstić information content (AvgIpc) is 2.63. The minimum Gasteiger partial charge on any atom is -0.480 e. The van der Waals surface area contributed by atoms with Crippen LogP contribution in [-0.4, -0.2) is 28.0 Å². The van der Waals surface area contributed by atoms with Crippen LogP contribution in [0.15, 0.2) is 59.5 Å². The van der Waals surface area contributed by atoms with Crippen LogP contribution in [-0.2, 0) is 11.2 Å². The number of aliphatic carboxylic acids is 1. The predicted molar refractivity (Wildman–Crippen MR) is 98.4 cm³/mol. The molecule has 2 aromatic carbocycles. The number of pyridine rings is 1. The third kappa shape index (κ3) is 3.64. The fourth-order valence-electron chi connectivity index (χ4n) is 2.71. The quantitative estimate of drug-likeness (QED) is 0.657. The average molecular weight is 350 g/mol. The molecule has 0 radical (unpaired) electrons. The Kier molecular flexibility index (Phi) is 4.84. The lowest BCUT2D eigenvalue weighted by atomic mass is 10.0. The van der Waals surface area contributed by atoms with E-state index in [0.29, 0.717) is 17.3 Å². The SMILES string of the molecule is C[C@H](NC(=O)c1c[nH]c2ccc(Cc3ccccc3)cc2c1=O)C(=O)O. The molecule has 0 aliphatic rings. The van der Waals surface area contributed by atoms with Crippen LogP contribution in [0, 0.1) is 0 Å². The van der Waals surface area contributed by atoms with E-state index in [1.54, 1.807) is 12.1 Å². The Morgan fingerprint density at radius 2 is 1.85 bits per heavy atom. The molecule has 1 aromatic heterocycles. The first-order valence-corrected chi connectivity index (χ1v) is 8.17. The molecule has 1 atom stereocenters. The van der Waals surface area contributed by atoms with Gasteiger partial charge in [0.05, 0.1) is 0 Å². The molecule has 1 amide bonds. The van der Waals surface area contributed by atoms with Gasteiger partial charge in [0.25, 0.3) is 5.91 Å². The number of benzene rings is 2. The van der Waals surface area contributed by atoms with E-state index < -0.39 is 23.3 Å². The maximum Gasteiger partial charge on any atom is 0.325 e. The summed E-state index contributed by atoms with van der Waals surface area (Å²) in [5.74, 6) is -1.88. The van der Waals surface area contributed by atoms with E-state index >= 15 is 0 Å². The number of H-pyrrole nitrogens is 1. The molecule has 0 bridgehead atoms. The summed E-state index contributed by atoms with van der Waals surface area (Å²) in [6.45, 7) is 1.34. The summed E-state index contributed by atoms with van der Waals surface area (Å²) >= 11 is 0. The second-order valence-corrected chi connectivity index (χ2v) is 6.11. The van der Waals surface area contributed by atoms with Gasteiger partial charge in [0.15, 0.2) is 0 Å². The lowest BCUT2D eigenvalue weighted by Crippen LogP contribution is -2.40. The summed E-state index contributed by atoms with van der Waals surface area (Å²) in [6, 6.07) is 14.3. The number of aromatic amines is 1. The van der Waals surface area contributed by atoms with Crippen molar-refractivity contribution in [3.05, 3.63) is 81.6 Å². The van der Waals surface area contributed by atoms with Gasteiger partial charge in [0.1, 0.15) is 11.6 Å². The van der Waals surface area contributed by atoms with Crippen LogP contribution in [0.25, 0.3) is 10.9 Å². The highest BCUT2D eigenvalue weighted by Gasteiger charge is 2.18. The predicted octanol–water partition coefficient (Wildman–Crippen LogP) is 2.32. The van der Waals surface area contributed by atoms with Gasteiger partial charge in [-0.2, -0.15) is 0 Å². The van der Waals surface area contributed by atoms with Crippen LogP contribution in [0.4, 0.5) is 0 Å². The second-order valence-electron chi connectivity index (χ2n) is 6.11. The minimum absolute atomic E-state index is 0.109. The summed E-state index contributed by atoms with van der Waals surface area (Å²) < 4.78 is 0. The molecular weight excluding hydrogens is 332 g/mol. The normalized spacial score (nSPS) is 11.9. The highest BCUT2D eigenvalue weighted by atomic mass is 16.4. The van der Waals surface area contributed by atoms with Crippen LogP contribution < -0.4 is 10.7 Å². The van der Waals surface area contributed by atoms with Crippen molar-refractivity contribution < 1.29 is 14.7 Å². The van der Waals surface area contributed by atoms with E-state index in [9.17, 15) is 14.4 Å². The van der Waals surface area contributed by atoms with Gasteiger partial charge < -0.3 is 15.4 Å². The molecule has 6 heteroatoms. The number of nitrogens with one attached hydrogen (secondary N) is 2. The molecule has 0 fully saturated rings. The van der Waals surface area contributed by atoms with Gasteiger partial charge in [-0.15, -0.1) is 0 Å². The molecule has 3 rings (SSSR count). The van der Waals surface area contributed by atoms with Gasteiger partial charge >= 0.3 is 5.97 Å². The number of rotatable bonds is 5. The third-order valence-corrected chi connectivity index (χ3v) is 4.16. The zero-order valence-corrected chi connectivity index (χ0v) is 14.2. The van der Waals surface area contributed by atoms with Crippen molar-refractivity contribution in [1.29, 1.82) is 0 Å². The van der Waals surface area contributed by atoms with Gasteiger partial charge in [0, 0.05) is 17.1 Å². The second kappa shape index (κ2) is 7.23. The Hall–Kier alpha value is -3.41. The fourth-order valence-corrected chi connectivity index (χ4v) is 2.71. The van der Waals surface area contributed by atoms with E-state index in [1.165, 1.54) is 13.1 Å². The summed E-state index contributed by atoms with van der Waals surface area (Å²) in [4.78, 5) is 38.7. The number of aromatic nitrogens is 1. The number of carbonyl (C=O) groups is 2. The number of fused-ring (bicyclic) bond motifs is 1. The minimum atomic E-state index is -1.17. The Morgan fingerprint density at radius 1 is 1.12 bits per heavy atom. The number of hydrogen-bond acceptors (Lipinski definition) is 3. The van der Waals surface area contributed by atoms with Crippen LogP contribution in [0.5, 0.6) is 0 Å². The largest absolute Gasteiger partial charge is 0.480 e. The van der Waals surface area contributed by atoms with Crippen molar-refractivity contribution in [1.82, 2.24) is 10.3 Å². The van der Waals surface area contributed by atoms with Crippen LogP contribution in [0.1, 0.15) is 28.4 Å². The Morgan fingerprint density at radius 3 is 2.54 bits per heavy atom. The lowest BCUT2D eigenvalue weighted by Gasteiger charge is -2.10. The highest BCUT2D eigenvalue weighted by molar-refractivity contribution is 5.98. The van der Waals surface area contributed by atoms with Crippen molar-refractivity contribution in [2.45, 2.75) is 19.4 Å². The topological polar surface area (TPSA) is 99.3 Å². The molecule has 6 nitrogen and oxygen atoms in total. The lowest BCUT2D eigenvalue weighted by molar-refractivity contribution is -0.138. The van der Waals surface area contributed by atoms with Gasteiger partial charge in [-0.25, -0.2) is 0 Å². The molecule has 1 heterocycles. The summed E-state index contributed by atoms with van der Waals surface area (Å²) in [5.41, 5.74) is 2.15. The number of amides is 1. The molecule has 132 valence electrons. The highest BCUT2D eigenvalue weighted by Crippen LogP contribution is 2.15. The monoisotopic (exact) mass is 350 g/mol. The Balaban J connectivity index is 1.95. The van der Waals surface area contributed by atoms with Crippen molar-refractivity contribution in [3.8, 4) is 0 Å². The number of hydrogen-bond donors (Lipinski definition) is 3. The van der Waals surface area contributed by atoms with Crippen molar-refractivity contribution in [2.75, 3.05) is 0 Å². The standard InChI is InChI=1S/C20H18N2O4/c1-12(20(25)26)22-19(24)16-11-21-17-8-7-14(10-15(17)18(16)23)9-13-5-3-2-4-6-13/h2-8,10-12H,9H2,1H3,(H,21,23)(H,22,24)(H,25,26)/t12-/m0/s1. The van der Waals surface area contributed by atoms with Crippen LogP contribution >= 0.6 is 0 Å². The summed E-state index contributed by atoms with van der Waals surface area (Å²) in [5, 5.41) is 11.6. The van der Waals surface area contributed by atoms with E-state index in [4.69, 9.17) is 5.11 Å². The van der Waals surface area contributed by atoms with Crippen molar-refractivity contribution >= 4 is 22.8 Å². The smallest absolute Gasteiger partial charge is 0.325 e. The maximum absolute atomic E-state index is 12.7. The first-order valence-electron chi connectivity index (χ1n) is 8.17. The van der Waals surface area contributed by atoms with E-state index in [1.807, 2.05) is 36.4 Å². The molecule has 0 spiro atoms. The Bertz CT molecular complexity index is 1020. The first kappa shape index (κ1) is 17.4. The Labute approximate surface area is 149 Å². The molecule has 0 unspecified atom stereocenters. The molecule has 3 N–H and O–H groups in total. The van der Waals surface area contributed by atoms with E-state index in [0.717, 1.165) is 11.1 Å². The molecular formula is C20H18N2O4. The third-order valence-electron chi connectivity index (χ3n) is 4.16. The summed E-state index contributed by atoms with van der Waals surface area (Å²) in [6.07, 6.45) is 1.98. The molecule has 0 saturated heterocycles. The van der Waals surface area contributed by atoms with Crippen LogP contribution in [0.3, 0.4) is 0 Å². The molecule has 0 saturated carbocycles. The number of carbonyl (C=O) groups excluding carboxylic acids is 1. The molecule has 26 heavy (non-hydrogen) atoms. The molecule has 3 aromatic rings. The summed E-state index contributed by atoms with van der Waals surface area (Å²) in [7, 11) is 0. The van der Waals surface area contributed by atoms with Gasteiger partial charge in [-0.05, 0) is 36.6 Å². The van der Waals surface area contributed by atoms with Crippen molar-refractivity contribution in [2.24, 2.45) is 0 Å². The van der Waals surface area contributed by atoms with Crippen molar-refractivity contribution in [3.63, 3.8) is 0 Å². The van der Waals surface area contributed by atoms with Gasteiger partial charge in [-0.1, -0.05) is 36.4 Å². The first-order chi connectivity index (χ1) is 12.5. The van der Waals surface area contributed by atoms with E-state index in [2.05, 4.69) is 10.3 Å². The van der Waals surface area contributed by atoms with Gasteiger partial charge in [-0.3, -0.25) is 14.4 Å². The number of carboxylic acids is 1. The van der Waals surface area contributed by atoms with E-state index in [-0.39, 0.29) is 5.56 Å². The van der Waals surface area contributed by atoms with Gasteiger partial charge in [0.2, 0.25) is 5.43 Å². The maximum atomic E-state index is 12.7. The zero-order valence-electron chi connectivity index (χ0n) is 14.2. The van der Waals surface area contributed by atoms with Crippen LogP contribution in [0.2, 0.25) is 0 Å². The number of carboxylic acid groups (broad SMARTS) is 1. The zero-order chi connectivity index (χ0) is 18.7. The molecule has 0 aliphatic carbocycles. The molecule has 0 aliphatic heterocycles. The fraction of sp³-hybridized carbons (Fsp3) is 0.150.